The van der Waals surface area contributed by atoms with Gasteiger partial charge in [-0.25, -0.2) is 9.67 Å². The van der Waals surface area contributed by atoms with Gasteiger partial charge in [0.25, 0.3) is 5.69 Å². The zero-order valence-corrected chi connectivity index (χ0v) is 12.4. The molecule has 0 fully saturated rings. The number of nitro benzene ring substituents is 1. The van der Waals surface area contributed by atoms with Gasteiger partial charge in [-0.15, -0.1) is 0 Å². The van der Waals surface area contributed by atoms with Gasteiger partial charge in [0.15, 0.2) is 5.78 Å². The maximum atomic E-state index is 12.1. The molecule has 0 N–H and O–H groups in total. The van der Waals surface area contributed by atoms with Crippen LogP contribution in [0.15, 0.2) is 67.3 Å². The first-order valence-corrected chi connectivity index (χ1v) is 7.05. The van der Waals surface area contributed by atoms with Gasteiger partial charge >= 0.3 is 0 Å². The van der Waals surface area contributed by atoms with Crippen LogP contribution in [-0.4, -0.2) is 25.5 Å². The molecule has 0 saturated heterocycles. The minimum absolute atomic E-state index is 0.105. The van der Waals surface area contributed by atoms with Crippen molar-refractivity contribution in [2.45, 2.75) is 0 Å². The Kier molecular flexibility index (Phi) is 4.24. The topological polar surface area (TPSA) is 90.9 Å². The molecular formula is C17H12N4O3. The number of ketones is 1. The maximum Gasteiger partial charge on any atom is 0.270 e. The Hall–Kier alpha value is -3.61. The van der Waals surface area contributed by atoms with Crippen molar-refractivity contribution in [2.24, 2.45) is 0 Å². The van der Waals surface area contributed by atoms with Crippen LogP contribution in [0.5, 0.6) is 0 Å². The molecule has 1 aromatic heterocycles. The number of carbonyl (C=O) groups is 1. The molecule has 118 valence electrons. The lowest BCUT2D eigenvalue weighted by Crippen LogP contribution is -1.96. The fourth-order valence-corrected chi connectivity index (χ4v) is 2.12. The van der Waals surface area contributed by atoms with E-state index in [0.29, 0.717) is 0 Å². The molecular weight excluding hydrogens is 308 g/mol. The average molecular weight is 320 g/mol. The summed E-state index contributed by atoms with van der Waals surface area (Å²) in [7, 11) is 0. The van der Waals surface area contributed by atoms with E-state index >= 15 is 0 Å². The van der Waals surface area contributed by atoms with Gasteiger partial charge in [0.1, 0.15) is 12.7 Å². The van der Waals surface area contributed by atoms with E-state index in [4.69, 9.17) is 0 Å². The van der Waals surface area contributed by atoms with Crippen LogP contribution < -0.4 is 0 Å². The second kappa shape index (κ2) is 6.66. The van der Waals surface area contributed by atoms with Crippen LogP contribution >= 0.6 is 0 Å². The molecule has 0 bridgehead atoms. The smallest absolute Gasteiger partial charge is 0.270 e. The molecule has 0 radical (unpaired) electrons. The number of non-ortho nitro benzene ring substituents is 1. The highest BCUT2D eigenvalue weighted by Gasteiger charge is 2.09. The van der Waals surface area contributed by atoms with Crippen molar-refractivity contribution in [1.82, 2.24) is 14.8 Å². The highest BCUT2D eigenvalue weighted by Crippen LogP contribution is 2.15. The van der Waals surface area contributed by atoms with Gasteiger partial charge in [0.05, 0.1) is 10.6 Å². The molecule has 2 aromatic carbocycles. The third-order valence-corrected chi connectivity index (χ3v) is 3.35. The molecule has 0 unspecified atom stereocenters. The number of benzene rings is 2. The van der Waals surface area contributed by atoms with Crippen LogP contribution in [0.3, 0.4) is 0 Å². The summed E-state index contributed by atoms with van der Waals surface area (Å²) in [6, 6.07) is 13.0. The summed E-state index contributed by atoms with van der Waals surface area (Å²) < 4.78 is 1.63. The van der Waals surface area contributed by atoms with Crippen molar-refractivity contribution < 1.29 is 9.72 Å². The van der Waals surface area contributed by atoms with Gasteiger partial charge < -0.3 is 0 Å². The van der Waals surface area contributed by atoms with E-state index in [0.717, 1.165) is 11.3 Å². The molecule has 3 aromatic rings. The van der Waals surface area contributed by atoms with Crippen LogP contribution in [-0.2, 0) is 0 Å². The largest absolute Gasteiger partial charge is 0.289 e. The molecule has 7 heteroatoms. The number of hydrogen-bond acceptors (Lipinski definition) is 5. The van der Waals surface area contributed by atoms with Gasteiger partial charge in [-0.3, -0.25) is 14.9 Å². The number of rotatable bonds is 5. The number of aromatic nitrogens is 3. The Morgan fingerprint density at radius 3 is 2.62 bits per heavy atom. The molecule has 7 nitrogen and oxygen atoms in total. The van der Waals surface area contributed by atoms with Crippen molar-refractivity contribution in [3.05, 3.63) is 88.5 Å². The zero-order valence-electron chi connectivity index (χ0n) is 12.4. The molecule has 0 aliphatic carbocycles. The summed E-state index contributed by atoms with van der Waals surface area (Å²) in [5.41, 5.74) is 1.86. The van der Waals surface area contributed by atoms with Crippen LogP contribution in [0.1, 0.15) is 15.9 Å². The summed E-state index contributed by atoms with van der Waals surface area (Å²) in [4.78, 5) is 26.2. The summed E-state index contributed by atoms with van der Waals surface area (Å²) in [6.45, 7) is 0. The molecule has 1 heterocycles. The fourth-order valence-electron chi connectivity index (χ4n) is 2.12. The van der Waals surface area contributed by atoms with E-state index in [9.17, 15) is 14.9 Å². The molecule has 0 spiro atoms. The third-order valence-electron chi connectivity index (χ3n) is 3.35. The quantitative estimate of drug-likeness (QED) is 0.312. The van der Waals surface area contributed by atoms with Crippen LogP contribution in [0.4, 0.5) is 5.69 Å². The monoisotopic (exact) mass is 320 g/mol. The SMILES string of the molecule is O=C(/C=C/c1ccc(-n2cncn2)cc1)c1cccc([N+](=O)[O-])c1. The third kappa shape index (κ3) is 3.41. The summed E-state index contributed by atoms with van der Waals surface area (Å²) in [6.07, 6.45) is 6.10. The van der Waals surface area contributed by atoms with Crippen molar-refractivity contribution in [3.8, 4) is 5.69 Å². The summed E-state index contributed by atoms with van der Waals surface area (Å²) in [5.74, 6) is -0.293. The average Bonchev–Trinajstić information content (AvgIpc) is 3.15. The lowest BCUT2D eigenvalue weighted by atomic mass is 10.1. The fraction of sp³-hybridized carbons (Fsp3) is 0. The van der Waals surface area contributed by atoms with Gasteiger partial charge in [0, 0.05) is 17.7 Å². The van der Waals surface area contributed by atoms with E-state index in [1.807, 2.05) is 24.3 Å². The van der Waals surface area contributed by atoms with Gasteiger partial charge in [0.2, 0.25) is 0 Å². The second-order valence-corrected chi connectivity index (χ2v) is 4.94. The Morgan fingerprint density at radius 1 is 1.17 bits per heavy atom. The normalized spacial score (nSPS) is 10.8. The van der Waals surface area contributed by atoms with E-state index in [1.54, 1.807) is 23.2 Å². The first kappa shape index (κ1) is 15.3. The van der Waals surface area contributed by atoms with E-state index in [1.165, 1.54) is 30.6 Å². The molecule has 0 aliphatic rings. The minimum Gasteiger partial charge on any atom is -0.289 e. The highest BCUT2D eigenvalue weighted by atomic mass is 16.6. The molecule has 0 saturated carbocycles. The summed E-state index contributed by atoms with van der Waals surface area (Å²) in [5, 5.41) is 14.8. The van der Waals surface area contributed by atoms with E-state index in [2.05, 4.69) is 10.1 Å². The molecule has 24 heavy (non-hydrogen) atoms. The van der Waals surface area contributed by atoms with Crippen molar-refractivity contribution in [1.29, 1.82) is 0 Å². The highest BCUT2D eigenvalue weighted by molar-refractivity contribution is 6.07. The minimum atomic E-state index is -0.524. The summed E-state index contributed by atoms with van der Waals surface area (Å²) >= 11 is 0. The predicted octanol–water partition coefficient (Wildman–Crippen LogP) is 3.07. The number of nitro groups is 1. The van der Waals surface area contributed by atoms with Crippen LogP contribution in [0, 0.1) is 10.1 Å². The van der Waals surface area contributed by atoms with E-state index in [-0.39, 0.29) is 17.0 Å². The molecule has 0 amide bonds. The Balaban J connectivity index is 1.74. The number of nitrogens with zero attached hydrogens (tertiary/aromatic N) is 4. The van der Waals surface area contributed by atoms with Crippen LogP contribution in [0.2, 0.25) is 0 Å². The first-order chi connectivity index (χ1) is 11.6. The van der Waals surface area contributed by atoms with Crippen molar-refractivity contribution >= 4 is 17.5 Å². The van der Waals surface area contributed by atoms with Crippen LogP contribution in [0.25, 0.3) is 11.8 Å². The predicted molar refractivity (Wildman–Crippen MR) is 87.8 cm³/mol. The molecule has 0 atom stereocenters. The van der Waals surface area contributed by atoms with Gasteiger partial charge in [-0.1, -0.05) is 30.3 Å². The lowest BCUT2D eigenvalue weighted by Gasteiger charge is -2.00. The Morgan fingerprint density at radius 2 is 1.96 bits per heavy atom. The lowest BCUT2D eigenvalue weighted by molar-refractivity contribution is -0.384. The number of hydrogen-bond donors (Lipinski definition) is 0. The first-order valence-electron chi connectivity index (χ1n) is 7.05. The van der Waals surface area contributed by atoms with Crippen molar-refractivity contribution in [2.75, 3.05) is 0 Å². The standard InChI is InChI=1S/C17H12N4O3/c22-17(14-2-1-3-16(10-14)21(23)24)9-6-13-4-7-15(8-5-13)20-12-18-11-19-20/h1-12H/b9-6+. The maximum absolute atomic E-state index is 12.1. The zero-order chi connectivity index (χ0) is 16.9. The van der Waals surface area contributed by atoms with Crippen molar-refractivity contribution in [3.63, 3.8) is 0 Å². The van der Waals surface area contributed by atoms with E-state index < -0.39 is 4.92 Å². The Bertz CT molecular complexity index is 900. The molecule has 0 aliphatic heterocycles. The number of carbonyl (C=O) groups excluding carboxylic acids is 1. The Labute approximate surface area is 137 Å². The van der Waals surface area contributed by atoms with Gasteiger partial charge in [-0.2, -0.15) is 5.10 Å². The number of allylic oxidation sites excluding steroid dienone is 1. The second-order valence-electron chi connectivity index (χ2n) is 4.94. The van der Waals surface area contributed by atoms with Gasteiger partial charge in [-0.05, 0) is 23.8 Å². The molecule has 3 rings (SSSR count).